The highest BCUT2D eigenvalue weighted by Gasteiger charge is 2.47. The van der Waals surface area contributed by atoms with Gasteiger partial charge in [0.25, 0.3) is 6.02 Å². The van der Waals surface area contributed by atoms with Crippen LogP contribution in [0.1, 0.15) is 11.1 Å². The van der Waals surface area contributed by atoms with E-state index < -0.39 is 5.54 Å². The molecule has 0 radical (unpaired) electrons. The maximum Gasteiger partial charge on any atom is 0.283 e. The summed E-state index contributed by atoms with van der Waals surface area (Å²) in [5.74, 6) is 1.94. The Morgan fingerprint density at radius 2 is 2.00 bits per heavy atom. The van der Waals surface area contributed by atoms with Crippen LogP contribution in [-0.4, -0.2) is 19.7 Å². The van der Waals surface area contributed by atoms with Crippen molar-refractivity contribution in [2.24, 2.45) is 15.8 Å². The lowest BCUT2D eigenvalue weighted by Gasteiger charge is -2.33. The highest BCUT2D eigenvalue weighted by Crippen LogP contribution is 2.52. The first-order chi connectivity index (χ1) is 11.7. The lowest BCUT2D eigenvalue weighted by atomic mass is 9.81. The zero-order chi connectivity index (χ0) is 16.7. The van der Waals surface area contributed by atoms with Crippen molar-refractivity contribution < 1.29 is 14.2 Å². The lowest BCUT2D eigenvalue weighted by Crippen LogP contribution is -2.31. The van der Waals surface area contributed by atoms with Crippen LogP contribution in [0.3, 0.4) is 0 Å². The van der Waals surface area contributed by atoms with Crippen molar-refractivity contribution in [3.63, 3.8) is 0 Å². The van der Waals surface area contributed by atoms with Crippen LogP contribution >= 0.6 is 0 Å². The molecule has 8 nitrogen and oxygen atoms in total. The topological polar surface area (TPSA) is 115 Å². The van der Waals surface area contributed by atoms with E-state index in [0.29, 0.717) is 22.9 Å². The summed E-state index contributed by atoms with van der Waals surface area (Å²) < 4.78 is 16.8. The van der Waals surface area contributed by atoms with Gasteiger partial charge in [0.2, 0.25) is 0 Å². The van der Waals surface area contributed by atoms with Gasteiger partial charge in [0.05, 0.1) is 7.11 Å². The van der Waals surface area contributed by atoms with E-state index in [1.165, 1.54) is 0 Å². The number of aliphatic imine (C=N–C) groups is 1. The predicted molar refractivity (Wildman–Crippen MR) is 86.7 cm³/mol. The molecule has 2 aromatic carbocycles. The van der Waals surface area contributed by atoms with E-state index in [2.05, 4.69) is 15.0 Å². The van der Waals surface area contributed by atoms with Gasteiger partial charge in [-0.15, -0.1) is 0 Å². The maximum atomic E-state index is 8.69. The lowest BCUT2D eigenvalue weighted by molar-refractivity contribution is 0.264. The fraction of sp³-hybridized carbons (Fsp3) is 0.188. The van der Waals surface area contributed by atoms with Gasteiger partial charge in [0.15, 0.2) is 5.54 Å². The minimum absolute atomic E-state index is 0.103. The van der Waals surface area contributed by atoms with Crippen LogP contribution in [-0.2, 0) is 10.3 Å². The largest absolute Gasteiger partial charge is 0.497 e. The van der Waals surface area contributed by atoms with E-state index in [0.717, 1.165) is 11.1 Å². The van der Waals surface area contributed by atoms with Gasteiger partial charge in [0.1, 0.15) is 23.9 Å². The molecule has 2 aliphatic rings. The monoisotopic (exact) mass is 323 g/mol. The van der Waals surface area contributed by atoms with E-state index in [-0.39, 0.29) is 12.6 Å². The van der Waals surface area contributed by atoms with Gasteiger partial charge in [-0.3, -0.25) is 0 Å². The van der Waals surface area contributed by atoms with Crippen molar-refractivity contribution in [1.82, 2.24) is 0 Å². The average molecular weight is 323 g/mol. The van der Waals surface area contributed by atoms with Gasteiger partial charge in [-0.2, -0.15) is 0 Å². The van der Waals surface area contributed by atoms with E-state index in [4.69, 9.17) is 25.5 Å². The molecule has 120 valence electrons. The second-order valence-corrected chi connectivity index (χ2v) is 5.43. The predicted octanol–water partition coefficient (Wildman–Crippen LogP) is 3.33. The number of nitrogens with zero attached hydrogens (tertiary/aromatic N) is 4. The molecule has 2 N–H and O–H groups in total. The van der Waals surface area contributed by atoms with Gasteiger partial charge in [0, 0.05) is 21.7 Å². The Balaban J connectivity index is 2.00. The van der Waals surface area contributed by atoms with Crippen molar-refractivity contribution in [1.29, 1.82) is 0 Å². The zero-order valence-corrected chi connectivity index (χ0v) is 12.8. The number of rotatable bonds is 2. The molecule has 0 aliphatic carbocycles. The highest BCUT2D eigenvalue weighted by atomic mass is 16.5. The van der Waals surface area contributed by atoms with E-state index in [1.807, 2.05) is 18.2 Å². The Hall–Kier alpha value is -3.38. The fourth-order valence-corrected chi connectivity index (χ4v) is 3.06. The normalized spacial score (nSPS) is 20.1. The zero-order valence-electron chi connectivity index (χ0n) is 12.8. The number of hydrogen-bond donors (Lipinski definition) is 1. The minimum Gasteiger partial charge on any atom is -0.497 e. The van der Waals surface area contributed by atoms with E-state index in [9.17, 15) is 0 Å². The molecule has 0 saturated carbocycles. The van der Waals surface area contributed by atoms with Crippen LogP contribution in [0.4, 0.5) is 5.69 Å². The molecule has 1 unspecified atom stereocenters. The van der Waals surface area contributed by atoms with Crippen LogP contribution in [0.5, 0.6) is 17.2 Å². The van der Waals surface area contributed by atoms with Gasteiger partial charge >= 0.3 is 0 Å². The molecule has 0 bridgehead atoms. The van der Waals surface area contributed by atoms with Crippen LogP contribution in [0.25, 0.3) is 10.4 Å². The average Bonchev–Trinajstić information content (AvgIpc) is 2.98. The molecule has 1 atom stereocenters. The second kappa shape index (κ2) is 5.07. The molecule has 0 aromatic heterocycles. The standard InChI is InChI=1S/C16H13N5O3/c1-22-10-3-5-14-12(7-10)16(8-23-15(17)19-16)11-6-9(20-21-18)2-4-13(11)24-14/h2-7H,8H2,1H3,(H2,17,19). The van der Waals surface area contributed by atoms with Crippen LogP contribution in [0.15, 0.2) is 46.5 Å². The summed E-state index contributed by atoms with van der Waals surface area (Å²) in [6.45, 7) is 0.231. The number of fused-ring (bicyclic) bond motifs is 4. The summed E-state index contributed by atoms with van der Waals surface area (Å²) in [6.07, 6.45) is 0. The molecule has 4 rings (SSSR count). The van der Waals surface area contributed by atoms with Crippen molar-refractivity contribution in [3.05, 3.63) is 58.0 Å². The third-order valence-corrected chi connectivity index (χ3v) is 4.15. The maximum absolute atomic E-state index is 8.69. The summed E-state index contributed by atoms with van der Waals surface area (Å²) in [5, 5.41) is 3.66. The Labute approximate surface area is 137 Å². The quantitative estimate of drug-likeness (QED) is 0.518. The van der Waals surface area contributed by atoms with Crippen molar-refractivity contribution in [2.45, 2.75) is 5.54 Å². The van der Waals surface area contributed by atoms with Crippen molar-refractivity contribution in [2.75, 3.05) is 13.7 Å². The fourth-order valence-electron chi connectivity index (χ4n) is 3.06. The summed E-state index contributed by atoms with van der Waals surface area (Å²) in [6, 6.07) is 10.8. The van der Waals surface area contributed by atoms with Gasteiger partial charge < -0.3 is 19.9 Å². The SMILES string of the molecule is COc1ccc2c(c1)C1(COC(N)=N1)c1cc(N=[N+]=[N-])ccc1O2. The Morgan fingerprint density at radius 3 is 2.67 bits per heavy atom. The molecule has 8 heteroatoms. The smallest absolute Gasteiger partial charge is 0.283 e. The third kappa shape index (κ3) is 1.94. The first-order valence-electron chi connectivity index (χ1n) is 7.20. The number of nitrogens with two attached hydrogens (primary N) is 1. The number of azide groups is 1. The summed E-state index contributed by atoms with van der Waals surface area (Å²) in [7, 11) is 1.59. The first-order valence-corrected chi connectivity index (χ1v) is 7.20. The number of benzene rings is 2. The van der Waals surface area contributed by atoms with Gasteiger partial charge in [-0.25, -0.2) is 4.99 Å². The molecule has 24 heavy (non-hydrogen) atoms. The third-order valence-electron chi connectivity index (χ3n) is 4.15. The molecule has 0 fully saturated rings. The Bertz CT molecular complexity index is 920. The summed E-state index contributed by atoms with van der Waals surface area (Å²) in [4.78, 5) is 7.37. The molecule has 1 spiro atoms. The van der Waals surface area contributed by atoms with Gasteiger partial charge in [-0.05, 0) is 41.9 Å². The first kappa shape index (κ1) is 14.2. The molecule has 2 heterocycles. The molecule has 2 aliphatic heterocycles. The number of methoxy groups -OCH3 is 1. The Morgan fingerprint density at radius 1 is 1.25 bits per heavy atom. The minimum atomic E-state index is -0.859. The summed E-state index contributed by atoms with van der Waals surface area (Å²) in [5.41, 5.74) is 15.6. The van der Waals surface area contributed by atoms with Crippen LogP contribution in [0, 0.1) is 0 Å². The Kier molecular flexibility index (Phi) is 3.01. The van der Waals surface area contributed by atoms with Crippen LogP contribution < -0.4 is 15.2 Å². The van der Waals surface area contributed by atoms with E-state index >= 15 is 0 Å². The van der Waals surface area contributed by atoms with Crippen molar-refractivity contribution >= 4 is 11.7 Å². The molecule has 0 saturated heterocycles. The van der Waals surface area contributed by atoms with Gasteiger partial charge in [-0.1, -0.05) is 5.11 Å². The summed E-state index contributed by atoms with van der Waals surface area (Å²) >= 11 is 0. The number of ether oxygens (including phenoxy) is 3. The van der Waals surface area contributed by atoms with E-state index in [1.54, 1.807) is 25.3 Å². The number of amidine groups is 1. The molecule has 2 aromatic rings. The molecular weight excluding hydrogens is 310 g/mol. The second-order valence-electron chi connectivity index (χ2n) is 5.43. The highest BCUT2D eigenvalue weighted by molar-refractivity contribution is 5.77. The number of hydrogen-bond acceptors (Lipinski definition) is 6. The van der Waals surface area contributed by atoms with Crippen molar-refractivity contribution in [3.8, 4) is 17.2 Å². The molecular formula is C16H13N5O3. The molecule has 0 amide bonds. The van der Waals surface area contributed by atoms with Crippen LogP contribution in [0.2, 0.25) is 0 Å².